The van der Waals surface area contributed by atoms with Gasteiger partial charge in [0, 0.05) is 13.2 Å². The van der Waals surface area contributed by atoms with Gasteiger partial charge in [-0.15, -0.1) is 0 Å². The summed E-state index contributed by atoms with van der Waals surface area (Å²) in [6, 6.07) is 23.0. The summed E-state index contributed by atoms with van der Waals surface area (Å²) in [5, 5.41) is 12.5. The molecule has 2 aromatic carbocycles. The van der Waals surface area contributed by atoms with Gasteiger partial charge in [0.1, 0.15) is 34.3 Å². The van der Waals surface area contributed by atoms with Gasteiger partial charge in [-0.25, -0.2) is 4.68 Å². The van der Waals surface area contributed by atoms with Gasteiger partial charge in [0.15, 0.2) is 0 Å². The van der Waals surface area contributed by atoms with Gasteiger partial charge in [0.25, 0.3) is 17.0 Å². The highest BCUT2D eigenvalue weighted by Gasteiger charge is 2.22. The zero-order valence-electron chi connectivity index (χ0n) is 22.0. The van der Waals surface area contributed by atoms with Crippen LogP contribution in [0.15, 0.2) is 94.2 Å². The number of amides is 1. The number of para-hydroxylation sites is 2. The van der Waals surface area contributed by atoms with Crippen LogP contribution in [0.1, 0.15) is 16.8 Å². The van der Waals surface area contributed by atoms with Crippen molar-refractivity contribution in [1.82, 2.24) is 18.7 Å². The highest BCUT2D eigenvalue weighted by molar-refractivity contribution is 6.10. The van der Waals surface area contributed by atoms with Gasteiger partial charge >= 0.3 is 0 Å². The molecule has 0 bridgehead atoms. The number of nitrogens with zero attached hydrogens (tertiary/aromatic N) is 5. The number of rotatable bonds is 6. The molecule has 0 saturated carbocycles. The second kappa shape index (κ2) is 10.6. The van der Waals surface area contributed by atoms with E-state index in [1.54, 1.807) is 73.3 Å². The third kappa shape index (κ3) is 4.68. The fourth-order valence-electron chi connectivity index (χ4n) is 4.24. The van der Waals surface area contributed by atoms with E-state index in [1.807, 2.05) is 31.2 Å². The Bertz CT molecular complexity index is 1960. The van der Waals surface area contributed by atoms with E-state index in [0.717, 1.165) is 11.6 Å². The zero-order valence-corrected chi connectivity index (χ0v) is 22.0. The molecule has 10 heteroatoms. The first-order valence-electron chi connectivity index (χ1n) is 12.3. The van der Waals surface area contributed by atoms with Gasteiger partial charge in [0.05, 0.1) is 11.4 Å². The standard InChI is InChI=1S/C30H24N6O4/c1-19-11-7-8-14-24(19)40-28-23(29(38)35-16-10-9-15-25(35)32-28)17-21(18-31)27(37)33-26-20(2)34(3)36(30(26)39)22-12-5-4-6-13-22/h4-17H,1-3H3,(H,33,37)/b21-17+. The van der Waals surface area contributed by atoms with E-state index >= 15 is 0 Å². The lowest BCUT2D eigenvalue weighted by atomic mass is 10.1. The number of pyridine rings is 1. The Kier molecular flexibility index (Phi) is 6.87. The Hall–Kier alpha value is -5.69. The first-order valence-corrected chi connectivity index (χ1v) is 12.3. The minimum atomic E-state index is -0.854. The molecule has 3 aromatic heterocycles. The van der Waals surface area contributed by atoms with Crippen molar-refractivity contribution in [1.29, 1.82) is 5.26 Å². The van der Waals surface area contributed by atoms with Crippen molar-refractivity contribution < 1.29 is 9.53 Å². The average molecular weight is 533 g/mol. The second-order valence-electron chi connectivity index (χ2n) is 8.99. The molecule has 0 spiro atoms. The summed E-state index contributed by atoms with van der Waals surface area (Å²) in [7, 11) is 1.69. The van der Waals surface area contributed by atoms with Crippen molar-refractivity contribution in [2.75, 3.05) is 5.32 Å². The molecule has 0 saturated heterocycles. The van der Waals surface area contributed by atoms with Crippen LogP contribution in [0.5, 0.6) is 11.6 Å². The Morgan fingerprint density at radius 2 is 1.68 bits per heavy atom. The van der Waals surface area contributed by atoms with Gasteiger partial charge in [-0.05, 0) is 55.8 Å². The average Bonchev–Trinajstić information content (AvgIpc) is 3.17. The van der Waals surface area contributed by atoms with Crippen LogP contribution in [-0.4, -0.2) is 24.7 Å². The van der Waals surface area contributed by atoms with Crippen molar-refractivity contribution >= 4 is 23.3 Å². The number of carbonyl (C=O) groups is 1. The van der Waals surface area contributed by atoms with Crippen LogP contribution in [0, 0.1) is 25.2 Å². The Balaban J connectivity index is 1.58. The van der Waals surface area contributed by atoms with Crippen molar-refractivity contribution in [3.63, 3.8) is 0 Å². The second-order valence-corrected chi connectivity index (χ2v) is 8.99. The molecule has 198 valence electrons. The number of aryl methyl sites for hydroxylation is 1. The third-order valence-electron chi connectivity index (χ3n) is 6.48. The number of hydrogen-bond acceptors (Lipinski definition) is 6. The first kappa shape index (κ1) is 25.9. The maximum Gasteiger partial charge on any atom is 0.295 e. The predicted molar refractivity (Wildman–Crippen MR) is 151 cm³/mol. The lowest BCUT2D eigenvalue weighted by Crippen LogP contribution is -2.24. The summed E-state index contributed by atoms with van der Waals surface area (Å²) in [6.07, 6.45) is 2.66. The largest absolute Gasteiger partial charge is 0.438 e. The van der Waals surface area contributed by atoms with Crippen LogP contribution in [0.25, 0.3) is 17.4 Å². The zero-order chi connectivity index (χ0) is 28.4. The van der Waals surface area contributed by atoms with E-state index in [0.29, 0.717) is 22.8 Å². The molecule has 40 heavy (non-hydrogen) atoms. The van der Waals surface area contributed by atoms with E-state index < -0.39 is 22.6 Å². The first-order chi connectivity index (χ1) is 19.3. The summed E-state index contributed by atoms with van der Waals surface area (Å²) in [5.41, 5.74) is 0.756. The third-order valence-corrected chi connectivity index (χ3v) is 6.48. The lowest BCUT2D eigenvalue weighted by Gasteiger charge is -2.12. The highest BCUT2D eigenvalue weighted by atomic mass is 16.5. The molecule has 0 aliphatic carbocycles. The van der Waals surface area contributed by atoms with Gasteiger partial charge in [-0.2, -0.15) is 10.2 Å². The van der Waals surface area contributed by atoms with Crippen molar-refractivity contribution in [3.8, 4) is 23.4 Å². The smallest absolute Gasteiger partial charge is 0.295 e. The van der Waals surface area contributed by atoms with Crippen LogP contribution in [0.2, 0.25) is 0 Å². The number of benzene rings is 2. The fourth-order valence-corrected chi connectivity index (χ4v) is 4.24. The molecule has 10 nitrogen and oxygen atoms in total. The van der Waals surface area contributed by atoms with Crippen molar-refractivity contribution in [2.24, 2.45) is 7.05 Å². The van der Waals surface area contributed by atoms with E-state index in [9.17, 15) is 19.6 Å². The quantitative estimate of drug-likeness (QED) is 0.259. The molecule has 0 aliphatic rings. The summed E-state index contributed by atoms with van der Waals surface area (Å²) >= 11 is 0. The maximum atomic E-state index is 13.5. The van der Waals surface area contributed by atoms with E-state index in [4.69, 9.17) is 4.74 Å². The molecule has 0 radical (unpaired) electrons. The highest BCUT2D eigenvalue weighted by Crippen LogP contribution is 2.27. The van der Waals surface area contributed by atoms with E-state index in [2.05, 4.69) is 10.3 Å². The van der Waals surface area contributed by atoms with Crippen LogP contribution in [-0.2, 0) is 11.8 Å². The van der Waals surface area contributed by atoms with Crippen LogP contribution >= 0.6 is 0 Å². The number of carbonyl (C=O) groups excluding carboxylic acids is 1. The Morgan fingerprint density at radius 1 is 0.975 bits per heavy atom. The number of aromatic nitrogens is 4. The molecule has 0 atom stereocenters. The monoisotopic (exact) mass is 532 g/mol. The topological polar surface area (TPSA) is 123 Å². The molecule has 1 N–H and O–H groups in total. The number of fused-ring (bicyclic) bond motifs is 1. The Morgan fingerprint density at radius 3 is 2.40 bits per heavy atom. The van der Waals surface area contributed by atoms with E-state index in [-0.39, 0.29) is 17.1 Å². The molecular weight excluding hydrogens is 508 g/mol. The minimum absolute atomic E-state index is 0.0160. The summed E-state index contributed by atoms with van der Waals surface area (Å²) in [5.74, 6) is -0.449. The molecular formula is C30H24N6O4. The normalized spacial score (nSPS) is 11.3. The number of hydrogen-bond donors (Lipinski definition) is 1. The molecule has 1 amide bonds. The van der Waals surface area contributed by atoms with Crippen LogP contribution in [0.3, 0.4) is 0 Å². The van der Waals surface area contributed by atoms with Crippen molar-refractivity contribution in [3.05, 3.63) is 122 Å². The van der Waals surface area contributed by atoms with Crippen LogP contribution in [0.4, 0.5) is 5.69 Å². The maximum absolute atomic E-state index is 13.5. The number of anilines is 1. The molecule has 3 heterocycles. The minimum Gasteiger partial charge on any atom is -0.438 e. The summed E-state index contributed by atoms with van der Waals surface area (Å²) < 4.78 is 10.3. The van der Waals surface area contributed by atoms with Gasteiger partial charge in [-0.1, -0.05) is 42.5 Å². The van der Waals surface area contributed by atoms with Gasteiger partial charge in [-0.3, -0.25) is 23.5 Å². The number of ether oxygens (including phenoxy) is 1. The fraction of sp³-hybridized carbons (Fsp3) is 0.100. The number of nitriles is 1. The number of nitrogens with one attached hydrogen (secondary N) is 1. The molecule has 5 rings (SSSR count). The molecule has 0 fully saturated rings. The summed E-state index contributed by atoms with van der Waals surface area (Å²) in [6.45, 7) is 3.53. The predicted octanol–water partition coefficient (Wildman–Crippen LogP) is 4.14. The molecule has 5 aromatic rings. The van der Waals surface area contributed by atoms with Crippen molar-refractivity contribution in [2.45, 2.75) is 13.8 Å². The molecule has 0 aliphatic heterocycles. The van der Waals surface area contributed by atoms with Gasteiger partial charge < -0.3 is 10.1 Å². The van der Waals surface area contributed by atoms with E-state index in [1.165, 1.54) is 15.3 Å². The Labute approximate surface area is 228 Å². The molecule has 0 unspecified atom stereocenters. The SMILES string of the molecule is Cc1ccccc1Oc1nc2ccccn2c(=O)c1/C=C(\C#N)C(=O)Nc1c(C)n(C)n(-c2ccccc2)c1=O. The van der Waals surface area contributed by atoms with Crippen LogP contribution < -0.4 is 21.2 Å². The summed E-state index contributed by atoms with van der Waals surface area (Å²) in [4.78, 5) is 44.5. The van der Waals surface area contributed by atoms with Gasteiger partial charge in [0.2, 0.25) is 5.88 Å². The lowest BCUT2D eigenvalue weighted by molar-refractivity contribution is -0.112.